The highest BCUT2D eigenvalue weighted by atomic mass is 16.4. The van der Waals surface area contributed by atoms with Crippen molar-refractivity contribution in [2.75, 3.05) is 4.90 Å². The van der Waals surface area contributed by atoms with Crippen molar-refractivity contribution in [2.24, 2.45) is 5.41 Å². The first-order chi connectivity index (χ1) is 10.0. The van der Waals surface area contributed by atoms with Crippen LogP contribution in [0.2, 0.25) is 0 Å². The van der Waals surface area contributed by atoms with Crippen molar-refractivity contribution >= 4 is 23.5 Å². The Labute approximate surface area is 121 Å². The normalized spacial score (nSPS) is 21.2. The SMILES string of the molecule is O=C(O)Cn1cc(N2C(=O)CC3(CCCCC3)C2=O)cn1. The number of carbonyl (C=O) groups excluding carboxylic acids is 2. The number of carboxylic acid groups (broad SMARTS) is 1. The maximum Gasteiger partial charge on any atom is 0.325 e. The molecule has 1 saturated carbocycles. The van der Waals surface area contributed by atoms with Crippen LogP contribution in [0.3, 0.4) is 0 Å². The molecule has 7 heteroatoms. The molecule has 1 aliphatic heterocycles. The van der Waals surface area contributed by atoms with E-state index >= 15 is 0 Å². The summed E-state index contributed by atoms with van der Waals surface area (Å²) in [4.78, 5) is 36.8. The van der Waals surface area contributed by atoms with Gasteiger partial charge in [-0.15, -0.1) is 0 Å². The molecule has 2 aliphatic rings. The second-order valence-electron chi connectivity index (χ2n) is 5.84. The zero-order chi connectivity index (χ0) is 15.0. The molecule has 0 aromatic carbocycles. The molecule has 7 nitrogen and oxygen atoms in total. The van der Waals surface area contributed by atoms with Crippen LogP contribution in [0.4, 0.5) is 5.69 Å². The Morgan fingerprint density at radius 2 is 2.00 bits per heavy atom. The number of hydrogen-bond donors (Lipinski definition) is 1. The summed E-state index contributed by atoms with van der Waals surface area (Å²) in [5, 5.41) is 12.6. The van der Waals surface area contributed by atoms with Crippen LogP contribution < -0.4 is 4.90 Å². The molecule has 0 unspecified atom stereocenters. The third-order valence-electron chi connectivity index (χ3n) is 4.38. The quantitative estimate of drug-likeness (QED) is 0.844. The van der Waals surface area contributed by atoms with Crippen LogP contribution in [-0.2, 0) is 20.9 Å². The summed E-state index contributed by atoms with van der Waals surface area (Å²) >= 11 is 0. The number of aliphatic carboxylic acids is 1. The monoisotopic (exact) mass is 291 g/mol. The highest BCUT2D eigenvalue weighted by molar-refractivity contribution is 6.22. The number of nitrogens with zero attached hydrogens (tertiary/aromatic N) is 3. The Kier molecular flexibility index (Phi) is 3.27. The first-order valence-electron chi connectivity index (χ1n) is 7.13. The van der Waals surface area contributed by atoms with Gasteiger partial charge in [0, 0.05) is 12.6 Å². The van der Waals surface area contributed by atoms with Crippen LogP contribution in [0, 0.1) is 5.41 Å². The largest absolute Gasteiger partial charge is 0.480 e. The van der Waals surface area contributed by atoms with Gasteiger partial charge in [0.25, 0.3) is 0 Å². The van der Waals surface area contributed by atoms with Gasteiger partial charge in [-0.05, 0) is 12.8 Å². The lowest BCUT2D eigenvalue weighted by molar-refractivity contribution is -0.138. The van der Waals surface area contributed by atoms with E-state index in [9.17, 15) is 14.4 Å². The molecule has 2 fully saturated rings. The van der Waals surface area contributed by atoms with E-state index in [0.29, 0.717) is 5.69 Å². The average Bonchev–Trinajstić information content (AvgIpc) is 2.95. The zero-order valence-electron chi connectivity index (χ0n) is 11.6. The van der Waals surface area contributed by atoms with Crippen molar-refractivity contribution in [3.05, 3.63) is 12.4 Å². The average molecular weight is 291 g/mol. The molecule has 3 rings (SSSR count). The molecule has 1 spiro atoms. The summed E-state index contributed by atoms with van der Waals surface area (Å²) in [5.74, 6) is -1.38. The smallest absolute Gasteiger partial charge is 0.325 e. The number of amides is 2. The minimum Gasteiger partial charge on any atom is -0.480 e. The number of imide groups is 1. The molecular formula is C14H17N3O4. The summed E-state index contributed by atoms with van der Waals surface area (Å²) in [6, 6.07) is 0. The molecular weight excluding hydrogens is 274 g/mol. The molecule has 1 N–H and O–H groups in total. The molecule has 0 atom stereocenters. The lowest BCUT2D eigenvalue weighted by Gasteiger charge is -2.30. The van der Waals surface area contributed by atoms with E-state index in [1.807, 2.05) is 0 Å². The topological polar surface area (TPSA) is 92.5 Å². The van der Waals surface area contributed by atoms with E-state index in [1.54, 1.807) is 0 Å². The van der Waals surface area contributed by atoms with Crippen LogP contribution >= 0.6 is 0 Å². The fourth-order valence-electron chi connectivity index (χ4n) is 3.37. The van der Waals surface area contributed by atoms with Crippen molar-refractivity contribution in [1.82, 2.24) is 9.78 Å². The van der Waals surface area contributed by atoms with Crippen molar-refractivity contribution < 1.29 is 19.5 Å². The van der Waals surface area contributed by atoms with E-state index in [1.165, 1.54) is 22.0 Å². The van der Waals surface area contributed by atoms with E-state index in [4.69, 9.17) is 5.11 Å². The maximum absolute atomic E-state index is 12.7. The lowest BCUT2D eigenvalue weighted by atomic mass is 9.73. The number of carbonyl (C=O) groups is 3. The zero-order valence-corrected chi connectivity index (χ0v) is 11.6. The number of carboxylic acids is 1. The third kappa shape index (κ3) is 2.32. The summed E-state index contributed by atoms with van der Waals surface area (Å²) in [6.07, 6.45) is 7.66. The summed E-state index contributed by atoms with van der Waals surface area (Å²) in [7, 11) is 0. The van der Waals surface area contributed by atoms with Gasteiger partial charge < -0.3 is 5.11 Å². The fraction of sp³-hybridized carbons (Fsp3) is 0.571. The van der Waals surface area contributed by atoms with Crippen molar-refractivity contribution in [2.45, 2.75) is 45.1 Å². The number of anilines is 1. The van der Waals surface area contributed by atoms with Gasteiger partial charge in [-0.25, -0.2) is 4.90 Å². The molecule has 0 radical (unpaired) electrons. The van der Waals surface area contributed by atoms with E-state index in [0.717, 1.165) is 32.1 Å². The molecule has 1 aromatic rings. The van der Waals surface area contributed by atoms with Crippen molar-refractivity contribution in [1.29, 1.82) is 0 Å². The van der Waals surface area contributed by atoms with Gasteiger partial charge in [0.15, 0.2) is 0 Å². The van der Waals surface area contributed by atoms with Crippen LogP contribution in [0.1, 0.15) is 38.5 Å². The van der Waals surface area contributed by atoms with Crippen LogP contribution in [0.25, 0.3) is 0 Å². The van der Waals surface area contributed by atoms with Crippen molar-refractivity contribution in [3.63, 3.8) is 0 Å². The van der Waals surface area contributed by atoms with Gasteiger partial charge in [-0.2, -0.15) is 5.10 Å². The standard InChI is InChI=1S/C14H17N3O4/c18-11-6-14(4-2-1-3-5-14)13(21)17(11)10-7-15-16(8-10)9-12(19)20/h7-8H,1-6,9H2,(H,19,20). The first-order valence-corrected chi connectivity index (χ1v) is 7.13. The molecule has 1 aromatic heterocycles. The molecule has 112 valence electrons. The first kappa shape index (κ1) is 13.8. The second-order valence-corrected chi connectivity index (χ2v) is 5.84. The lowest BCUT2D eigenvalue weighted by Crippen LogP contribution is -2.36. The molecule has 1 aliphatic carbocycles. The predicted molar refractivity (Wildman–Crippen MR) is 72.5 cm³/mol. The maximum atomic E-state index is 12.7. The predicted octanol–water partition coefficient (Wildman–Crippen LogP) is 1.18. The Bertz CT molecular complexity index is 601. The third-order valence-corrected chi connectivity index (χ3v) is 4.38. The van der Waals surface area contributed by atoms with Crippen LogP contribution in [0.5, 0.6) is 0 Å². The molecule has 2 heterocycles. The highest BCUT2D eigenvalue weighted by Crippen LogP contribution is 2.46. The van der Waals surface area contributed by atoms with Crippen LogP contribution in [-0.4, -0.2) is 32.7 Å². The van der Waals surface area contributed by atoms with Gasteiger partial charge in [-0.3, -0.25) is 19.1 Å². The number of rotatable bonds is 3. The van der Waals surface area contributed by atoms with Gasteiger partial charge in [0.1, 0.15) is 6.54 Å². The minimum atomic E-state index is -1.02. The summed E-state index contributed by atoms with van der Waals surface area (Å²) in [6.45, 7) is -0.290. The Balaban J connectivity index is 1.85. The Morgan fingerprint density at radius 3 is 2.67 bits per heavy atom. The van der Waals surface area contributed by atoms with E-state index in [-0.39, 0.29) is 24.8 Å². The molecule has 2 amide bonds. The number of hydrogen-bond acceptors (Lipinski definition) is 4. The Morgan fingerprint density at radius 1 is 1.29 bits per heavy atom. The van der Waals surface area contributed by atoms with E-state index in [2.05, 4.69) is 5.10 Å². The van der Waals surface area contributed by atoms with Gasteiger partial charge in [0.05, 0.1) is 17.3 Å². The van der Waals surface area contributed by atoms with Crippen LogP contribution in [0.15, 0.2) is 12.4 Å². The molecule has 21 heavy (non-hydrogen) atoms. The van der Waals surface area contributed by atoms with Gasteiger partial charge >= 0.3 is 5.97 Å². The van der Waals surface area contributed by atoms with E-state index < -0.39 is 11.4 Å². The summed E-state index contributed by atoms with van der Waals surface area (Å²) in [5.41, 5.74) is -0.168. The highest BCUT2D eigenvalue weighted by Gasteiger charge is 2.52. The number of aromatic nitrogens is 2. The molecule has 0 bridgehead atoms. The Hall–Kier alpha value is -2.18. The van der Waals surface area contributed by atoms with Gasteiger partial charge in [0.2, 0.25) is 11.8 Å². The molecule has 1 saturated heterocycles. The van der Waals surface area contributed by atoms with Gasteiger partial charge in [-0.1, -0.05) is 19.3 Å². The summed E-state index contributed by atoms with van der Waals surface area (Å²) < 4.78 is 1.21. The minimum absolute atomic E-state index is 0.151. The fourth-order valence-corrected chi connectivity index (χ4v) is 3.37. The van der Waals surface area contributed by atoms with Crippen molar-refractivity contribution in [3.8, 4) is 0 Å². The second kappa shape index (κ2) is 4.98.